The van der Waals surface area contributed by atoms with Crippen molar-refractivity contribution in [2.45, 2.75) is 6.54 Å². The van der Waals surface area contributed by atoms with Crippen molar-refractivity contribution in [2.24, 2.45) is 0 Å². The molecule has 0 bridgehead atoms. The normalized spacial score (nSPS) is 11.2. The molecule has 0 saturated carbocycles. The monoisotopic (exact) mass is 293 g/mol. The van der Waals surface area contributed by atoms with Crippen molar-refractivity contribution in [1.82, 2.24) is 9.55 Å². The molecule has 0 radical (unpaired) electrons. The zero-order valence-corrected chi connectivity index (χ0v) is 11.0. The number of rotatable bonds is 2. The lowest BCUT2D eigenvalue weighted by Crippen LogP contribution is -2.05. The SMILES string of the molecule is Nc1nc2cc(Cl)ccc2n1Cc1ccc(F)c(F)c1. The highest BCUT2D eigenvalue weighted by Gasteiger charge is 2.10. The largest absolute Gasteiger partial charge is 0.369 e. The molecular weight excluding hydrogens is 284 g/mol. The Morgan fingerprint density at radius 1 is 1.10 bits per heavy atom. The summed E-state index contributed by atoms with van der Waals surface area (Å²) in [7, 11) is 0. The molecule has 20 heavy (non-hydrogen) atoms. The summed E-state index contributed by atoms with van der Waals surface area (Å²) in [6.07, 6.45) is 0. The van der Waals surface area contributed by atoms with Crippen LogP contribution in [0.3, 0.4) is 0 Å². The number of hydrogen-bond acceptors (Lipinski definition) is 2. The van der Waals surface area contributed by atoms with Gasteiger partial charge in [0.05, 0.1) is 17.6 Å². The van der Waals surface area contributed by atoms with E-state index in [1.54, 1.807) is 22.8 Å². The molecular formula is C14H10ClF2N3. The predicted octanol–water partition coefficient (Wildman–Crippen LogP) is 3.60. The topological polar surface area (TPSA) is 43.8 Å². The fourth-order valence-corrected chi connectivity index (χ4v) is 2.27. The molecule has 2 N–H and O–H groups in total. The summed E-state index contributed by atoms with van der Waals surface area (Å²) in [6.45, 7) is 0.307. The van der Waals surface area contributed by atoms with E-state index in [0.717, 1.165) is 17.6 Å². The maximum atomic E-state index is 13.2. The predicted molar refractivity (Wildman–Crippen MR) is 74.6 cm³/mol. The number of nitrogens with zero attached hydrogens (tertiary/aromatic N) is 2. The van der Waals surface area contributed by atoms with Crippen LogP contribution in [0.25, 0.3) is 11.0 Å². The average Bonchev–Trinajstić information content (AvgIpc) is 2.69. The van der Waals surface area contributed by atoms with Crippen LogP contribution in [0.2, 0.25) is 5.02 Å². The molecule has 2 aromatic carbocycles. The first-order chi connectivity index (χ1) is 9.54. The summed E-state index contributed by atoms with van der Waals surface area (Å²) < 4.78 is 27.9. The Balaban J connectivity index is 2.05. The van der Waals surface area contributed by atoms with E-state index in [0.29, 0.717) is 28.6 Å². The highest BCUT2D eigenvalue weighted by Crippen LogP contribution is 2.23. The minimum absolute atomic E-state index is 0.298. The van der Waals surface area contributed by atoms with Crippen LogP contribution in [0.1, 0.15) is 5.56 Å². The molecule has 0 unspecified atom stereocenters. The Kier molecular flexibility index (Phi) is 3.06. The van der Waals surface area contributed by atoms with E-state index in [1.165, 1.54) is 6.07 Å². The molecule has 6 heteroatoms. The quantitative estimate of drug-likeness (QED) is 0.784. The number of nitrogen functional groups attached to an aromatic ring is 1. The Morgan fingerprint density at radius 3 is 2.65 bits per heavy atom. The van der Waals surface area contributed by atoms with Crippen LogP contribution in [0, 0.1) is 11.6 Å². The molecule has 3 aromatic rings. The van der Waals surface area contributed by atoms with E-state index in [1.807, 2.05) is 0 Å². The van der Waals surface area contributed by atoms with Crippen molar-refractivity contribution in [2.75, 3.05) is 5.73 Å². The first-order valence-electron chi connectivity index (χ1n) is 5.90. The van der Waals surface area contributed by atoms with Crippen LogP contribution in [0.5, 0.6) is 0 Å². The molecule has 1 aromatic heterocycles. The molecule has 0 fully saturated rings. The fraction of sp³-hybridized carbons (Fsp3) is 0.0714. The fourth-order valence-electron chi connectivity index (χ4n) is 2.11. The van der Waals surface area contributed by atoms with E-state index >= 15 is 0 Å². The van der Waals surface area contributed by atoms with Crippen LogP contribution >= 0.6 is 11.6 Å². The van der Waals surface area contributed by atoms with E-state index < -0.39 is 11.6 Å². The number of fused-ring (bicyclic) bond motifs is 1. The lowest BCUT2D eigenvalue weighted by atomic mass is 10.2. The van der Waals surface area contributed by atoms with Gasteiger partial charge in [-0.15, -0.1) is 0 Å². The van der Waals surface area contributed by atoms with Gasteiger partial charge in [0.25, 0.3) is 0 Å². The molecule has 102 valence electrons. The summed E-state index contributed by atoms with van der Waals surface area (Å²) in [6, 6.07) is 8.98. The summed E-state index contributed by atoms with van der Waals surface area (Å²) in [5.74, 6) is -1.45. The van der Waals surface area contributed by atoms with Crippen LogP contribution in [0.15, 0.2) is 36.4 Å². The third-order valence-electron chi connectivity index (χ3n) is 3.06. The molecule has 0 aliphatic rings. The van der Waals surface area contributed by atoms with Crippen molar-refractivity contribution >= 4 is 28.6 Å². The second-order valence-corrected chi connectivity index (χ2v) is 4.87. The molecule has 3 nitrogen and oxygen atoms in total. The van der Waals surface area contributed by atoms with Gasteiger partial charge >= 0.3 is 0 Å². The van der Waals surface area contributed by atoms with Gasteiger partial charge in [0.15, 0.2) is 11.6 Å². The Morgan fingerprint density at radius 2 is 1.90 bits per heavy atom. The maximum absolute atomic E-state index is 13.2. The first kappa shape index (κ1) is 12.9. The van der Waals surface area contributed by atoms with Gasteiger partial charge in [-0.25, -0.2) is 13.8 Å². The van der Waals surface area contributed by atoms with Gasteiger partial charge in [-0.3, -0.25) is 0 Å². The summed E-state index contributed by atoms with van der Waals surface area (Å²) in [5, 5.41) is 0.565. The molecule has 0 aliphatic carbocycles. The number of aromatic nitrogens is 2. The van der Waals surface area contributed by atoms with Crippen LogP contribution < -0.4 is 5.73 Å². The van der Waals surface area contributed by atoms with Gasteiger partial charge in [0.2, 0.25) is 5.95 Å². The molecule has 0 aliphatic heterocycles. The lowest BCUT2D eigenvalue weighted by Gasteiger charge is -2.07. The number of imidazole rings is 1. The van der Waals surface area contributed by atoms with E-state index in [9.17, 15) is 8.78 Å². The Labute approximate surface area is 118 Å². The van der Waals surface area contributed by atoms with Gasteiger partial charge in [-0.05, 0) is 35.9 Å². The summed E-state index contributed by atoms with van der Waals surface area (Å²) in [4.78, 5) is 4.20. The van der Waals surface area contributed by atoms with Gasteiger partial charge in [0.1, 0.15) is 0 Å². The van der Waals surface area contributed by atoms with E-state index in [2.05, 4.69) is 4.98 Å². The van der Waals surface area contributed by atoms with Crippen molar-refractivity contribution in [3.05, 3.63) is 58.6 Å². The maximum Gasteiger partial charge on any atom is 0.201 e. The Bertz CT molecular complexity index is 798. The smallest absolute Gasteiger partial charge is 0.201 e. The minimum atomic E-state index is -0.881. The van der Waals surface area contributed by atoms with Gasteiger partial charge in [0, 0.05) is 5.02 Å². The first-order valence-corrected chi connectivity index (χ1v) is 6.27. The molecule has 3 rings (SSSR count). The molecule has 1 heterocycles. The molecule has 0 amide bonds. The minimum Gasteiger partial charge on any atom is -0.369 e. The van der Waals surface area contributed by atoms with Crippen LogP contribution in [-0.4, -0.2) is 9.55 Å². The van der Waals surface area contributed by atoms with Gasteiger partial charge in [-0.1, -0.05) is 17.7 Å². The van der Waals surface area contributed by atoms with Gasteiger partial charge < -0.3 is 10.3 Å². The van der Waals surface area contributed by atoms with Gasteiger partial charge in [-0.2, -0.15) is 0 Å². The third-order valence-corrected chi connectivity index (χ3v) is 3.30. The standard InChI is InChI=1S/C14H10ClF2N3/c15-9-2-4-13-12(6-9)19-14(18)20(13)7-8-1-3-10(16)11(17)5-8/h1-6H,7H2,(H2,18,19). The zero-order chi connectivity index (χ0) is 14.3. The summed E-state index contributed by atoms with van der Waals surface area (Å²) >= 11 is 5.90. The van der Waals surface area contributed by atoms with Crippen molar-refractivity contribution in [3.8, 4) is 0 Å². The number of hydrogen-bond donors (Lipinski definition) is 1. The number of benzene rings is 2. The van der Waals surface area contributed by atoms with E-state index in [-0.39, 0.29) is 0 Å². The molecule has 0 saturated heterocycles. The zero-order valence-electron chi connectivity index (χ0n) is 10.3. The number of anilines is 1. The number of halogens is 3. The second-order valence-electron chi connectivity index (χ2n) is 4.44. The lowest BCUT2D eigenvalue weighted by molar-refractivity contribution is 0.506. The average molecular weight is 294 g/mol. The van der Waals surface area contributed by atoms with Crippen molar-refractivity contribution < 1.29 is 8.78 Å². The third kappa shape index (κ3) is 2.20. The number of nitrogens with two attached hydrogens (primary N) is 1. The van der Waals surface area contributed by atoms with Crippen LogP contribution in [0.4, 0.5) is 14.7 Å². The highest BCUT2D eigenvalue weighted by atomic mass is 35.5. The second kappa shape index (κ2) is 4.76. The van der Waals surface area contributed by atoms with Crippen molar-refractivity contribution in [3.63, 3.8) is 0 Å². The molecule has 0 atom stereocenters. The Hall–Kier alpha value is -2.14. The summed E-state index contributed by atoms with van der Waals surface area (Å²) in [5.41, 5.74) is 7.91. The van der Waals surface area contributed by atoms with Crippen LogP contribution in [-0.2, 0) is 6.54 Å². The molecule has 0 spiro atoms. The highest BCUT2D eigenvalue weighted by molar-refractivity contribution is 6.31. The van der Waals surface area contributed by atoms with Crippen molar-refractivity contribution in [1.29, 1.82) is 0 Å². The van der Waals surface area contributed by atoms with E-state index in [4.69, 9.17) is 17.3 Å².